The summed E-state index contributed by atoms with van der Waals surface area (Å²) in [6.45, 7) is 1.86. The van der Waals surface area contributed by atoms with Gasteiger partial charge in [-0.25, -0.2) is 0 Å². The summed E-state index contributed by atoms with van der Waals surface area (Å²) < 4.78 is 2.83. The van der Waals surface area contributed by atoms with Crippen molar-refractivity contribution in [3.63, 3.8) is 0 Å². The van der Waals surface area contributed by atoms with Crippen LogP contribution in [0.15, 0.2) is 54.6 Å². The molecule has 0 fully saturated rings. The molecular weight excluding hydrogens is 345 g/mol. The number of hydrogen-bond donors (Lipinski definition) is 0. The first-order chi connectivity index (χ1) is 9.31. The van der Waals surface area contributed by atoms with Crippen molar-refractivity contribution in [3.05, 3.63) is 60.2 Å². The second-order valence-electron chi connectivity index (χ2n) is 4.48. The number of nitrogens with zero attached hydrogens (tertiary/aromatic N) is 1. The molecule has 0 saturated heterocycles. The molecule has 19 heavy (non-hydrogen) atoms. The molecule has 0 N–H and O–H groups in total. The Bertz CT molecular complexity index is 629. The fourth-order valence-corrected chi connectivity index (χ4v) is 2.29. The van der Waals surface area contributed by atoms with Gasteiger partial charge in [-0.2, -0.15) is 0 Å². The molecule has 0 spiro atoms. The third-order valence-electron chi connectivity index (χ3n) is 2.99. The third-order valence-corrected chi connectivity index (χ3v) is 3.30. The van der Waals surface area contributed by atoms with Gasteiger partial charge in [0.1, 0.15) is 0 Å². The van der Waals surface area contributed by atoms with E-state index in [1.54, 1.807) is 0 Å². The molecule has 2 aromatic rings. The number of halogens is 1. The first kappa shape index (κ1) is 14.1. The van der Waals surface area contributed by atoms with Crippen molar-refractivity contribution in [2.45, 2.75) is 6.54 Å². The Labute approximate surface area is 128 Å². The van der Waals surface area contributed by atoms with Gasteiger partial charge in [-0.1, -0.05) is 54.5 Å². The van der Waals surface area contributed by atoms with Crippen molar-refractivity contribution in [2.24, 2.45) is 0 Å². The minimum absolute atomic E-state index is 0.911. The Balaban J connectivity index is 2.10. The first-order valence-corrected chi connectivity index (χ1v) is 7.30. The lowest BCUT2D eigenvalue weighted by atomic mass is 10.0. The van der Waals surface area contributed by atoms with Crippen molar-refractivity contribution >= 4 is 33.4 Å². The summed E-state index contributed by atoms with van der Waals surface area (Å²) in [6, 6.07) is 15.0. The molecule has 0 amide bonds. The number of hydrogen-bond acceptors (Lipinski definition) is 1. The Kier molecular flexibility index (Phi) is 5.44. The summed E-state index contributed by atoms with van der Waals surface area (Å²) in [6.07, 6.45) is 4.00. The molecular formula is C17H16IN. The van der Waals surface area contributed by atoms with E-state index in [9.17, 15) is 0 Å². The highest BCUT2D eigenvalue weighted by molar-refractivity contribution is 14.1. The lowest BCUT2D eigenvalue weighted by Crippen LogP contribution is -2.17. The highest BCUT2D eigenvalue weighted by atomic mass is 127. The number of fused-ring (bicyclic) bond motifs is 1. The van der Waals surface area contributed by atoms with Crippen LogP contribution in [0.25, 0.3) is 10.8 Å². The smallest absolute Gasteiger partial charge is 0.0240 e. The van der Waals surface area contributed by atoms with Crippen LogP contribution >= 0.6 is 22.6 Å². The summed E-state index contributed by atoms with van der Waals surface area (Å²) in [5, 5.41) is 2.65. The fraction of sp³-hybridized carbons (Fsp3) is 0.176. The van der Waals surface area contributed by atoms with E-state index in [1.165, 1.54) is 16.3 Å². The molecule has 2 rings (SSSR count). The standard InChI is InChI=1S/C17H16IN/c1-19(13-6-2-5-12-18)14-16-10-7-9-15-8-3-4-11-17(15)16/h2-4,6-11H,13-14H2,1H3/b6-2+. The van der Waals surface area contributed by atoms with E-state index in [-0.39, 0.29) is 0 Å². The average molecular weight is 361 g/mol. The number of rotatable bonds is 4. The zero-order valence-corrected chi connectivity index (χ0v) is 13.1. The van der Waals surface area contributed by atoms with Crippen molar-refractivity contribution in [1.29, 1.82) is 0 Å². The SMILES string of the molecule is CN(C/C=C/C#CI)Cc1cccc2ccccc12. The molecule has 0 unspecified atom stereocenters. The van der Waals surface area contributed by atoms with Crippen molar-refractivity contribution in [1.82, 2.24) is 4.90 Å². The zero-order valence-electron chi connectivity index (χ0n) is 10.9. The number of likely N-dealkylation sites (N-methyl/N-ethyl adjacent to an activating group) is 1. The van der Waals surface area contributed by atoms with Gasteiger partial charge >= 0.3 is 0 Å². The van der Waals surface area contributed by atoms with Gasteiger partial charge in [0.25, 0.3) is 0 Å². The van der Waals surface area contributed by atoms with E-state index < -0.39 is 0 Å². The van der Waals surface area contributed by atoms with Gasteiger partial charge in [0.2, 0.25) is 0 Å². The highest BCUT2D eigenvalue weighted by Crippen LogP contribution is 2.19. The molecule has 0 atom stereocenters. The van der Waals surface area contributed by atoms with Gasteiger partial charge in [0.05, 0.1) is 0 Å². The lowest BCUT2D eigenvalue weighted by molar-refractivity contribution is 0.365. The first-order valence-electron chi connectivity index (χ1n) is 6.22. The number of allylic oxidation sites excluding steroid dienone is 1. The quantitative estimate of drug-likeness (QED) is 0.582. The van der Waals surface area contributed by atoms with Crippen LogP contribution in [0, 0.1) is 9.85 Å². The Morgan fingerprint density at radius 1 is 1.16 bits per heavy atom. The third kappa shape index (κ3) is 4.09. The van der Waals surface area contributed by atoms with Gasteiger partial charge in [-0.3, -0.25) is 4.90 Å². The minimum atomic E-state index is 0.911. The van der Waals surface area contributed by atoms with Crippen LogP contribution in [-0.2, 0) is 6.54 Å². The summed E-state index contributed by atoms with van der Waals surface area (Å²) >= 11 is 2.05. The Hall–Kier alpha value is -1.31. The van der Waals surface area contributed by atoms with Crippen LogP contribution in [0.1, 0.15) is 5.56 Å². The van der Waals surface area contributed by atoms with E-state index in [4.69, 9.17) is 0 Å². The maximum atomic E-state index is 2.93. The summed E-state index contributed by atoms with van der Waals surface area (Å²) in [5.74, 6) is 2.93. The molecule has 2 heteroatoms. The minimum Gasteiger partial charge on any atom is -0.298 e. The molecule has 2 aromatic carbocycles. The maximum absolute atomic E-state index is 2.93. The number of benzene rings is 2. The summed E-state index contributed by atoms with van der Waals surface area (Å²) in [7, 11) is 2.13. The van der Waals surface area contributed by atoms with Crippen LogP contribution in [0.4, 0.5) is 0 Å². The fourth-order valence-electron chi connectivity index (χ4n) is 2.11. The van der Waals surface area contributed by atoms with E-state index in [1.807, 2.05) is 28.7 Å². The van der Waals surface area contributed by atoms with E-state index in [2.05, 4.69) is 70.3 Å². The maximum Gasteiger partial charge on any atom is 0.0240 e. The van der Waals surface area contributed by atoms with Gasteiger partial charge in [0.15, 0.2) is 0 Å². The Morgan fingerprint density at radius 2 is 1.95 bits per heavy atom. The second-order valence-corrected chi connectivity index (χ2v) is 5.02. The molecule has 0 aliphatic heterocycles. The molecule has 0 saturated carbocycles. The van der Waals surface area contributed by atoms with Crippen LogP contribution in [0.2, 0.25) is 0 Å². The normalized spacial score (nSPS) is 10.9. The van der Waals surface area contributed by atoms with Gasteiger partial charge < -0.3 is 0 Å². The molecule has 0 aromatic heterocycles. The lowest BCUT2D eigenvalue weighted by Gasteiger charge is -2.15. The summed E-state index contributed by atoms with van der Waals surface area (Å²) in [4.78, 5) is 2.28. The van der Waals surface area contributed by atoms with E-state index in [0.717, 1.165) is 13.1 Å². The predicted molar refractivity (Wildman–Crippen MR) is 91.2 cm³/mol. The van der Waals surface area contributed by atoms with Crippen molar-refractivity contribution in [2.75, 3.05) is 13.6 Å². The van der Waals surface area contributed by atoms with Crippen molar-refractivity contribution < 1.29 is 0 Å². The van der Waals surface area contributed by atoms with Crippen LogP contribution < -0.4 is 0 Å². The van der Waals surface area contributed by atoms with Crippen LogP contribution in [0.3, 0.4) is 0 Å². The van der Waals surface area contributed by atoms with E-state index >= 15 is 0 Å². The second kappa shape index (κ2) is 7.32. The topological polar surface area (TPSA) is 3.24 Å². The molecule has 0 heterocycles. The molecule has 0 aliphatic rings. The highest BCUT2D eigenvalue weighted by Gasteiger charge is 2.02. The van der Waals surface area contributed by atoms with E-state index in [0.29, 0.717) is 0 Å². The van der Waals surface area contributed by atoms with Crippen LogP contribution in [-0.4, -0.2) is 18.5 Å². The zero-order chi connectivity index (χ0) is 13.5. The largest absolute Gasteiger partial charge is 0.298 e. The van der Waals surface area contributed by atoms with Crippen molar-refractivity contribution in [3.8, 4) is 9.85 Å². The van der Waals surface area contributed by atoms with Gasteiger partial charge in [-0.05, 0) is 33.4 Å². The van der Waals surface area contributed by atoms with Crippen LogP contribution in [0.5, 0.6) is 0 Å². The molecule has 0 aliphatic carbocycles. The molecule has 0 radical (unpaired) electrons. The molecule has 0 bridgehead atoms. The monoisotopic (exact) mass is 361 g/mol. The Morgan fingerprint density at radius 3 is 2.79 bits per heavy atom. The van der Waals surface area contributed by atoms with Gasteiger partial charge in [-0.15, -0.1) is 0 Å². The molecule has 96 valence electrons. The average Bonchev–Trinajstić information content (AvgIpc) is 2.44. The van der Waals surface area contributed by atoms with Gasteiger partial charge in [0, 0.05) is 35.7 Å². The molecule has 1 nitrogen and oxygen atoms in total. The predicted octanol–water partition coefficient (Wildman–Crippen LogP) is 4.22. The summed E-state index contributed by atoms with van der Waals surface area (Å²) in [5.41, 5.74) is 1.37.